The van der Waals surface area contributed by atoms with Crippen molar-refractivity contribution in [1.82, 2.24) is 19.6 Å². The van der Waals surface area contributed by atoms with Gasteiger partial charge in [0.2, 0.25) is 17.6 Å². The van der Waals surface area contributed by atoms with Crippen LogP contribution in [0.3, 0.4) is 0 Å². The highest BCUT2D eigenvalue weighted by molar-refractivity contribution is 5.76. The number of aromatic nitrogens is 3. The highest BCUT2D eigenvalue weighted by Gasteiger charge is 2.28. The zero-order valence-corrected chi connectivity index (χ0v) is 14.0. The molecule has 3 rings (SSSR count). The van der Waals surface area contributed by atoms with E-state index in [2.05, 4.69) is 24.0 Å². The maximum Gasteiger partial charge on any atom is 0.230 e. The van der Waals surface area contributed by atoms with Crippen LogP contribution in [0.5, 0.6) is 0 Å². The van der Waals surface area contributed by atoms with Gasteiger partial charge in [0.25, 0.3) is 0 Å². The summed E-state index contributed by atoms with van der Waals surface area (Å²) in [5, 5.41) is 4.10. The zero-order valence-electron chi connectivity index (χ0n) is 14.0. The van der Waals surface area contributed by atoms with Gasteiger partial charge in [0.05, 0.1) is 5.69 Å². The smallest absolute Gasteiger partial charge is 0.230 e. The first-order valence-electron chi connectivity index (χ1n) is 8.27. The first kappa shape index (κ1) is 15.8. The van der Waals surface area contributed by atoms with Crippen LogP contribution in [0.1, 0.15) is 44.9 Å². The van der Waals surface area contributed by atoms with Crippen LogP contribution in [0, 0.1) is 5.92 Å². The van der Waals surface area contributed by atoms with Crippen LogP contribution in [-0.4, -0.2) is 38.6 Å². The number of piperidine rings is 1. The first-order chi connectivity index (χ1) is 11.0. The van der Waals surface area contributed by atoms with Gasteiger partial charge in [-0.15, -0.1) is 0 Å². The summed E-state index contributed by atoms with van der Waals surface area (Å²) in [6, 6.07) is 3.94. The van der Waals surface area contributed by atoms with Crippen molar-refractivity contribution in [2.45, 2.75) is 39.0 Å². The molecule has 0 aromatic carbocycles. The van der Waals surface area contributed by atoms with E-state index in [-0.39, 0.29) is 11.8 Å². The van der Waals surface area contributed by atoms with E-state index in [0.717, 1.165) is 31.6 Å². The van der Waals surface area contributed by atoms with Crippen molar-refractivity contribution in [2.24, 2.45) is 13.0 Å². The normalized spacial score (nSPS) is 16.3. The molecule has 0 spiro atoms. The summed E-state index contributed by atoms with van der Waals surface area (Å²) in [6.45, 7) is 5.71. The second kappa shape index (κ2) is 6.56. The number of hydrogen-bond acceptors (Lipinski definition) is 4. The minimum atomic E-state index is 0.250. The number of likely N-dealkylation sites (tertiary alicyclic amines) is 1. The van der Waals surface area contributed by atoms with Crippen molar-refractivity contribution in [3.05, 3.63) is 24.2 Å². The fraction of sp³-hybridized carbons (Fsp3) is 0.588. The molecule has 6 nitrogen and oxygen atoms in total. The number of carbonyl (C=O) groups excluding carboxylic acids is 1. The van der Waals surface area contributed by atoms with E-state index >= 15 is 0 Å². The zero-order chi connectivity index (χ0) is 16.4. The molecule has 23 heavy (non-hydrogen) atoms. The third-order valence-electron chi connectivity index (χ3n) is 4.39. The van der Waals surface area contributed by atoms with Gasteiger partial charge in [-0.05, 0) is 30.9 Å². The van der Waals surface area contributed by atoms with Gasteiger partial charge in [0.15, 0.2) is 0 Å². The maximum atomic E-state index is 12.1. The number of rotatable bonds is 4. The fourth-order valence-electron chi connectivity index (χ4n) is 3.05. The molecule has 124 valence electrons. The van der Waals surface area contributed by atoms with Crippen molar-refractivity contribution < 1.29 is 9.32 Å². The number of amides is 1. The molecular formula is C17H24N4O2. The molecule has 0 bridgehead atoms. The average molecular weight is 316 g/mol. The molecule has 1 saturated heterocycles. The van der Waals surface area contributed by atoms with E-state index in [1.54, 1.807) is 0 Å². The minimum absolute atomic E-state index is 0.250. The van der Waals surface area contributed by atoms with Gasteiger partial charge in [-0.3, -0.25) is 4.79 Å². The number of nitrogens with zero attached hydrogens (tertiary/aromatic N) is 4. The number of hydrogen-bond donors (Lipinski definition) is 0. The van der Waals surface area contributed by atoms with Crippen LogP contribution in [0.25, 0.3) is 11.5 Å². The molecule has 1 aliphatic heterocycles. The molecule has 0 radical (unpaired) electrons. The molecular weight excluding hydrogens is 292 g/mol. The topological polar surface area (TPSA) is 64.2 Å². The van der Waals surface area contributed by atoms with E-state index in [1.165, 1.54) is 0 Å². The molecule has 0 atom stereocenters. The Kier molecular flexibility index (Phi) is 4.50. The molecule has 0 saturated carbocycles. The van der Waals surface area contributed by atoms with Gasteiger partial charge in [-0.25, -0.2) is 0 Å². The van der Waals surface area contributed by atoms with E-state index in [4.69, 9.17) is 4.52 Å². The van der Waals surface area contributed by atoms with Gasteiger partial charge < -0.3 is 14.0 Å². The second-order valence-corrected chi connectivity index (χ2v) is 6.71. The molecule has 1 amide bonds. The largest absolute Gasteiger partial charge is 0.348 e. The lowest BCUT2D eigenvalue weighted by molar-refractivity contribution is -0.133. The molecule has 2 aromatic rings. The van der Waals surface area contributed by atoms with Crippen molar-refractivity contribution in [1.29, 1.82) is 0 Å². The third kappa shape index (κ3) is 3.46. The Morgan fingerprint density at radius 3 is 2.74 bits per heavy atom. The molecule has 0 unspecified atom stereocenters. The van der Waals surface area contributed by atoms with Crippen molar-refractivity contribution >= 4 is 5.91 Å². The van der Waals surface area contributed by atoms with Crippen molar-refractivity contribution in [2.75, 3.05) is 13.1 Å². The van der Waals surface area contributed by atoms with Crippen molar-refractivity contribution in [3.8, 4) is 11.5 Å². The predicted octanol–water partition coefficient (Wildman–Crippen LogP) is 2.83. The second-order valence-electron chi connectivity index (χ2n) is 6.71. The highest BCUT2D eigenvalue weighted by Crippen LogP contribution is 2.29. The predicted molar refractivity (Wildman–Crippen MR) is 86.7 cm³/mol. The highest BCUT2D eigenvalue weighted by atomic mass is 16.5. The summed E-state index contributed by atoms with van der Waals surface area (Å²) in [5.41, 5.74) is 0.949. The van der Waals surface area contributed by atoms with E-state index in [9.17, 15) is 4.79 Å². The Hall–Kier alpha value is -2.11. The van der Waals surface area contributed by atoms with Crippen LogP contribution < -0.4 is 0 Å². The summed E-state index contributed by atoms with van der Waals surface area (Å²) < 4.78 is 7.44. The van der Waals surface area contributed by atoms with Crippen LogP contribution in [0.2, 0.25) is 0 Å². The third-order valence-corrected chi connectivity index (χ3v) is 4.39. The summed E-state index contributed by atoms with van der Waals surface area (Å²) in [6.07, 6.45) is 4.37. The lowest BCUT2D eigenvalue weighted by Crippen LogP contribution is -2.38. The quantitative estimate of drug-likeness (QED) is 0.870. The number of aryl methyl sites for hydroxylation is 1. The van der Waals surface area contributed by atoms with Crippen LogP contribution in [-0.2, 0) is 11.8 Å². The Labute approximate surface area is 136 Å². The Bertz CT molecular complexity index is 666. The molecule has 6 heteroatoms. The van der Waals surface area contributed by atoms with Crippen LogP contribution in [0.15, 0.2) is 22.9 Å². The summed E-state index contributed by atoms with van der Waals surface area (Å²) in [5.74, 6) is 2.24. The lowest BCUT2D eigenvalue weighted by Gasteiger charge is -2.30. The molecule has 2 aromatic heterocycles. The van der Waals surface area contributed by atoms with Crippen molar-refractivity contribution in [3.63, 3.8) is 0 Å². The monoisotopic (exact) mass is 316 g/mol. The molecule has 1 fully saturated rings. The Balaban J connectivity index is 1.61. The number of carbonyl (C=O) groups is 1. The van der Waals surface area contributed by atoms with E-state index < -0.39 is 0 Å². The Morgan fingerprint density at radius 1 is 1.39 bits per heavy atom. The summed E-state index contributed by atoms with van der Waals surface area (Å²) >= 11 is 0. The summed E-state index contributed by atoms with van der Waals surface area (Å²) in [4.78, 5) is 18.6. The molecule has 1 aliphatic rings. The Morgan fingerprint density at radius 2 is 2.13 bits per heavy atom. The molecule has 3 heterocycles. The van der Waals surface area contributed by atoms with Gasteiger partial charge in [0.1, 0.15) is 0 Å². The standard InChI is InChI=1S/C17H24N4O2/c1-12(2)11-15(22)21-9-6-13(7-10-21)17-18-16(19-23-17)14-5-4-8-20(14)3/h4-5,8,12-13H,6-7,9-11H2,1-3H3. The first-order valence-corrected chi connectivity index (χ1v) is 8.27. The lowest BCUT2D eigenvalue weighted by atomic mass is 9.96. The van der Waals surface area contributed by atoms with E-state index in [0.29, 0.717) is 24.1 Å². The van der Waals surface area contributed by atoms with E-state index in [1.807, 2.05) is 34.8 Å². The maximum absolute atomic E-state index is 12.1. The minimum Gasteiger partial charge on any atom is -0.348 e. The summed E-state index contributed by atoms with van der Waals surface area (Å²) in [7, 11) is 1.96. The molecule has 0 N–H and O–H groups in total. The van der Waals surface area contributed by atoms with Gasteiger partial charge >= 0.3 is 0 Å². The fourth-order valence-corrected chi connectivity index (χ4v) is 3.05. The molecule has 0 aliphatic carbocycles. The van der Waals surface area contributed by atoms with Gasteiger partial charge in [-0.1, -0.05) is 19.0 Å². The van der Waals surface area contributed by atoms with Crippen LogP contribution in [0.4, 0.5) is 0 Å². The SMILES string of the molecule is CC(C)CC(=O)N1CCC(c2nc(-c3cccn3C)no2)CC1. The van der Waals surface area contributed by atoms with Crippen LogP contribution >= 0.6 is 0 Å². The van der Waals surface area contributed by atoms with Gasteiger partial charge in [-0.2, -0.15) is 4.98 Å². The van der Waals surface area contributed by atoms with Gasteiger partial charge in [0, 0.05) is 38.7 Å². The average Bonchev–Trinajstić information content (AvgIpc) is 3.15.